The number of rotatable bonds is 8. The van der Waals surface area contributed by atoms with Gasteiger partial charge in [-0.25, -0.2) is 0 Å². The summed E-state index contributed by atoms with van der Waals surface area (Å²) < 4.78 is 5.11. The van der Waals surface area contributed by atoms with Gasteiger partial charge in [0, 0.05) is 12.8 Å². The summed E-state index contributed by atoms with van der Waals surface area (Å²) in [6.45, 7) is 8.78. The van der Waals surface area contributed by atoms with Gasteiger partial charge in [0.05, 0.1) is 31.7 Å². The molecular weight excluding hydrogens is 328 g/mol. The molecule has 1 heterocycles. The number of quaternary nitrogens is 1. The number of esters is 1. The second-order valence-electron chi connectivity index (χ2n) is 7.61. The van der Waals surface area contributed by atoms with Crippen molar-refractivity contribution < 1.29 is 19.2 Å². The number of benzene rings is 1. The largest absolute Gasteiger partial charge is 0.466 e. The summed E-state index contributed by atoms with van der Waals surface area (Å²) >= 11 is 0. The third-order valence-corrected chi connectivity index (χ3v) is 4.97. The molecule has 0 aromatic heterocycles. The Kier molecular flexibility index (Phi) is 8.10. The number of carbonyl (C=O) groups excluding carboxylic acids is 2. The van der Waals surface area contributed by atoms with Crippen LogP contribution in [0.2, 0.25) is 0 Å². The van der Waals surface area contributed by atoms with Gasteiger partial charge >= 0.3 is 5.97 Å². The lowest BCUT2D eigenvalue weighted by Crippen LogP contribution is -3.14. The first kappa shape index (κ1) is 20.4. The van der Waals surface area contributed by atoms with Gasteiger partial charge in [-0.15, -0.1) is 0 Å². The summed E-state index contributed by atoms with van der Waals surface area (Å²) in [7, 11) is 0. The van der Waals surface area contributed by atoms with Crippen LogP contribution in [0, 0.1) is 11.8 Å². The van der Waals surface area contributed by atoms with E-state index in [9.17, 15) is 9.59 Å². The van der Waals surface area contributed by atoms with E-state index in [1.54, 1.807) is 0 Å². The standard InChI is InChI=1S/C21H32N2O3/c1-4-26-21(25)18-10-12-23(13-11-18)15-20(24)22-19(14-16(2)3)17-8-6-5-7-9-17/h5-9,16,18-19H,4,10-15H2,1-3H3,(H,22,24)/p+1/t19-/m0/s1. The van der Waals surface area contributed by atoms with Crippen LogP contribution in [-0.2, 0) is 14.3 Å². The Bertz CT molecular complexity index is 566. The van der Waals surface area contributed by atoms with Gasteiger partial charge in [0.15, 0.2) is 6.54 Å². The molecule has 1 atom stereocenters. The Morgan fingerprint density at radius 3 is 2.42 bits per heavy atom. The summed E-state index contributed by atoms with van der Waals surface area (Å²) in [6.07, 6.45) is 2.53. The summed E-state index contributed by atoms with van der Waals surface area (Å²) in [5.74, 6) is 0.508. The lowest BCUT2D eigenvalue weighted by Gasteiger charge is -2.28. The summed E-state index contributed by atoms with van der Waals surface area (Å²) in [5, 5.41) is 3.21. The fourth-order valence-corrected chi connectivity index (χ4v) is 3.61. The first-order chi connectivity index (χ1) is 12.5. The highest BCUT2D eigenvalue weighted by atomic mass is 16.5. The number of likely N-dealkylation sites (tertiary alicyclic amines) is 1. The number of hydrogen-bond donors (Lipinski definition) is 2. The second-order valence-corrected chi connectivity index (χ2v) is 7.61. The van der Waals surface area contributed by atoms with Gasteiger partial charge in [0.2, 0.25) is 0 Å². The van der Waals surface area contributed by atoms with Crippen LogP contribution >= 0.6 is 0 Å². The molecule has 144 valence electrons. The van der Waals surface area contributed by atoms with Crippen LogP contribution in [0.1, 0.15) is 51.6 Å². The monoisotopic (exact) mass is 361 g/mol. The van der Waals surface area contributed by atoms with Gasteiger partial charge in [-0.2, -0.15) is 0 Å². The van der Waals surface area contributed by atoms with Crippen molar-refractivity contribution in [2.45, 2.75) is 46.1 Å². The maximum Gasteiger partial charge on any atom is 0.309 e. The molecule has 0 bridgehead atoms. The third-order valence-electron chi connectivity index (χ3n) is 4.97. The van der Waals surface area contributed by atoms with Crippen molar-refractivity contribution in [3.05, 3.63) is 35.9 Å². The first-order valence-electron chi connectivity index (χ1n) is 9.84. The van der Waals surface area contributed by atoms with Crippen molar-refractivity contribution in [1.82, 2.24) is 5.32 Å². The molecule has 1 aliphatic heterocycles. The van der Waals surface area contributed by atoms with Crippen molar-refractivity contribution >= 4 is 11.9 Å². The van der Waals surface area contributed by atoms with Crippen LogP contribution < -0.4 is 10.2 Å². The molecule has 0 unspecified atom stereocenters. The Morgan fingerprint density at radius 2 is 1.85 bits per heavy atom. The molecule has 26 heavy (non-hydrogen) atoms. The minimum absolute atomic E-state index is 0.000213. The summed E-state index contributed by atoms with van der Waals surface area (Å²) in [4.78, 5) is 25.6. The smallest absolute Gasteiger partial charge is 0.309 e. The van der Waals surface area contributed by atoms with E-state index in [0.29, 0.717) is 19.1 Å². The van der Waals surface area contributed by atoms with E-state index in [0.717, 1.165) is 37.9 Å². The average Bonchev–Trinajstić information content (AvgIpc) is 2.62. The molecule has 5 heteroatoms. The average molecular weight is 362 g/mol. The van der Waals surface area contributed by atoms with Crippen LogP contribution in [0.3, 0.4) is 0 Å². The molecule has 0 spiro atoms. The lowest BCUT2D eigenvalue weighted by molar-refractivity contribution is -0.897. The maximum absolute atomic E-state index is 12.6. The first-order valence-corrected chi connectivity index (χ1v) is 9.84. The van der Waals surface area contributed by atoms with E-state index in [2.05, 4.69) is 31.3 Å². The third kappa shape index (κ3) is 6.45. The molecule has 1 aromatic carbocycles. The summed E-state index contributed by atoms with van der Waals surface area (Å²) in [5.41, 5.74) is 1.16. The minimum Gasteiger partial charge on any atom is -0.466 e. The van der Waals surface area contributed by atoms with Crippen LogP contribution in [0.5, 0.6) is 0 Å². The van der Waals surface area contributed by atoms with Gasteiger partial charge in [-0.3, -0.25) is 9.59 Å². The summed E-state index contributed by atoms with van der Waals surface area (Å²) in [6, 6.07) is 10.2. The Morgan fingerprint density at radius 1 is 1.19 bits per heavy atom. The number of carbonyl (C=O) groups is 2. The lowest BCUT2D eigenvalue weighted by atomic mass is 9.96. The molecule has 0 radical (unpaired) electrons. The van der Waals surface area contributed by atoms with Gasteiger partial charge in [0.1, 0.15) is 0 Å². The van der Waals surface area contributed by atoms with E-state index in [4.69, 9.17) is 4.74 Å². The van der Waals surface area contributed by atoms with E-state index in [1.165, 1.54) is 4.90 Å². The van der Waals surface area contributed by atoms with Gasteiger partial charge < -0.3 is 15.0 Å². The molecule has 0 aliphatic carbocycles. The highest BCUT2D eigenvalue weighted by Crippen LogP contribution is 2.20. The maximum atomic E-state index is 12.6. The molecule has 5 nitrogen and oxygen atoms in total. The zero-order chi connectivity index (χ0) is 18.9. The van der Waals surface area contributed by atoms with Crippen molar-refractivity contribution in [3.8, 4) is 0 Å². The van der Waals surface area contributed by atoms with E-state index in [1.807, 2.05) is 25.1 Å². The number of piperidine rings is 1. The second kappa shape index (κ2) is 10.3. The molecular formula is C21H33N2O3+. The molecule has 2 N–H and O–H groups in total. The zero-order valence-electron chi connectivity index (χ0n) is 16.3. The SMILES string of the molecule is CCOC(=O)C1CC[NH+](CC(=O)N[C@@H](CC(C)C)c2ccccc2)CC1. The van der Waals surface area contributed by atoms with Crippen LogP contribution in [0.4, 0.5) is 0 Å². The van der Waals surface area contributed by atoms with E-state index in [-0.39, 0.29) is 23.8 Å². The Balaban J connectivity index is 1.84. The Hall–Kier alpha value is -1.88. The van der Waals surface area contributed by atoms with E-state index >= 15 is 0 Å². The predicted molar refractivity (Wildman–Crippen MR) is 102 cm³/mol. The number of hydrogen-bond acceptors (Lipinski definition) is 3. The van der Waals surface area contributed by atoms with Gasteiger partial charge in [-0.05, 0) is 24.8 Å². The fraction of sp³-hybridized carbons (Fsp3) is 0.619. The number of nitrogens with one attached hydrogen (secondary N) is 2. The van der Waals surface area contributed by atoms with Gasteiger partial charge in [0.25, 0.3) is 5.91 Å². The molecule has 1 fully saturated rings. The van der Waals surface area contributed by atoms with Gasteiger partial charge in [-0.1, -0.05) is 44.2 Å². The molecule has 0 saturated carbocycles. The zero-order valence-corrected chi connectivity index (χ0v) is 16.3. The van der Waals surface area contributed by atoms with E-state index < -0.39 is 0 Å². The van der Waals surface area contributed by atoms with Crippen molar-refractivity contribution in [1.29, 1.82) is 0 Å². The van der Waals surface area contributed by atoms with Crippen LogP contribution in [0.25, 0.3) is 0 Å². The van der Waals surface area contributed by atoms with Crippen molar-refractivity contribution in [2.75, 3.05) is 26.2 Å². The minimum atomic E-state index is -0.0860. The quantitative estimate of drug-likeness (QED) is 0.694. The van der Waals surface area contributed by atoms with Crippen molar-refractivity contribution in [2.24, 2.45) is 11.8 Å². The highest BCUT2D eigenvalue weighted by Gasteiger charge is 2.29. The number of ether oxygens (including phenoxy) is 1. The normalized spacial score (nSPS) is 21.2. The Labute approximate surface area is 157 Å². The fourth-order valence-electron chi connectivity index (χ4n) is 3.61. The van der Waals surface area contributed by atoms with Crippen LogP contribution in [-0.4, -0.2) is 38.1 Å². The van der Waals surface area contributed by atoms with Crippen LogP contribution in [0.15, 0.2) is 30.3 Å². The molecule has 2 rings (SSSR count). The predicted octanol–water partition coefficient (Wildman–Crippen LogP) is 1.75. The molecule has 1 amide bonds. The molecule has 1 aromatic rings. The highest BCUT2D eigenvalue weighted by molar-refractivity contribution is 5.77. The molecule has 1 aliphatic rings. The number of amides is 1. The van der Waals surface area contributed by atoms with Crippen molar-refractivity contribution in [3.63, 3.8) is 0 Å². The topological polar surface area (TPSA) is 59.8 Å². The molecule has 1 saturated heterocycles.